The largest absolute Gasteiger partial charge is 0.495 e. The van der Waals surface area contributed by atoms with Crippen molar-refractivity contribution in [2.24, 2.45) is 11.7 Å². The minimum Gasteiger partial charge on any atom is -0.495 e. The fraction of sp³-hybridized carbons (Fsp3) is 0.538. The normalized spacial score (nSPS) is 17.3. The lowest BCUT2D eigenvalue weighted by Gasteiger charge is -2.30. The number of ether oxygens (including phenoxy) is 1. The van der Waals surface area contributed by atoms with Gasteiger partial charge in [0.25, 0.3) is 0 Å². The van der Waals surface area contributed by atoms with Gasteiger partial charge in [0, 0.05) is 13.1 Å². The topological polar surface area (TPSA) is 72.6 Å². The first-order valence-corrected chi connectivity index (χ1v) is 8.34. The third kappa shape index (κ3) is 4.02. The molecule has 1 saturated heterocycles. The zero-order valence-electron chi connectivity index (χ0n) is 11.8. The number of piperidine rings is 1. The average molecular weight is 355 g/mol. The van der Waals surface area contributed by atoms with E-state index in [0.29, 0.717) is 36.3 Å². The first-order valence-electron chi connectivity index (χ1n) is 6.52. The molecule has 0 spiro atoms. The van der Waals surface area contributed by atoms with Crippen LogP contribution in [0.5, 0.6) is 5.75 Å². The second kappa shape index (κ2) is 7.65. The second-order valence-electron chi connectivity index (χ2n) is 4.88. The van der Waals surface area contributed by atoms with E-state index >= 15 is 0 Å². The van der Waals surface area contributed by atoms with Gasteiger partial charge in [0.15, 0.2) is 0 Å². The summed E-state index contributed by atoms with van der Waals surface area (Å²) in [5.41, 5.74) is 5.62. The maximum absolute atomic E-state index is 12.5. The maximum Gasteiger partial charge on any atom is 0.243 e. The van der Waals surface area contributed by atoms with Gasteiger partial charge in [0.2, 0.25) is 10.0 Å². The number of halogens is 2. The van der Waals surface area contributed by atoms with E-state index in [1.165, 1.54) is 23.5 Å². The van der Waals surface area contributed by atoms with Gasteiger partial charge in [-0.1, -0.05) is 11.6 Å². The zero-order valence-corrected chi connectivity index (χ0v) is 14.2. The molecular formula is C13H20Cl2N2O3S. The molecule has 1 aliphatic rings. The Bertz CT molecular complexity index is 573. The molecule has 1 aromatic carbocycles. The number of nitrogens with two attached hydrogens (primary N) is 1. The molecule has 1 fully saturated rings. The van der Waals surface area contributed by atoms with Crippen LogP contribution in [0.3, 0.4) is 0 Å². The van der Waals surface area contributed by atoms with Crippen molar-refractivity contribution in [3.63, 3.8) is 0 Å². The van der Waals surface area contributed by atoms with Crippen molar-refractivity contribution in [1.29, 1.82) is 0 Å². The lowest BCUT2D eigenvalue weighted by molar-refractivity contribution is 0.278. The molecule has 0 aliphatic carbocycles. The lowest BCUT2D eigenvalue weighted by Crippen LogP contribution is -2.40. The summed E-state index contributed by atoms with van der Waals surface area (Å²) in [6.45, 7) is 1.63. The van der Waals surface area contributed by atoms with Crippen molar-refractivity contribution in [1.82, 2.24) is 4.31 Å². The molecule has 0 amide bonds. The van der Waals surface area contributed by atoms with Crippen LogP contribution in [0.1, 0.15) is 12.8 Å². The standard InChI is InChI=1S/C13H19ClN2O3S.ClH/c1-19-13-3-2-11(8-12(13)14)20(17,18)16-6-4-10(9-15)5-7-16;/h2-3,8,10H,4-7,9,15H2,1H3;1H. The van der Waals surface area contributed by atoms with Crippen LogP contribution < -0.4 is 10.5 Å². The number of rotatable bonds is 4. The number of sulfonamides is 1. The Morgan fingerprint density at radius 2 is 2.00 bits per heavy atom. The fourth-order valence-electron chi connectivity index (χ4n) is 2.34. The lowest BCUT2D eigenvalue weighted by atomic mass is 9.99. The molecule has 1 aliphatic heterocycles. The first-order chi connectivity index (χ1) is 9.48. The number of benzene rings is 1. The molecule has 5 nitrogen and oxygen atoms in total. The molecule has 120 valence electrons. The highest BCUT2D eigenvalue weighted by Crippen LogP contribution is 2.29. The van der Waals surface area contributed by atoms with E-state index in [2.05, 4.69) is 0 Å². The van der Waals surface area contributed by atoms with E-state index < -0.39 is 10.0 Å². The third-order valence-electron chi connectivity index (χ3n) is 3.67. The van der Waals surface area contributed by atoms with Gasteiger partial charge in [-0.3, -0.25) is 0 Å². The van der Waals surface area contributed by atoms with Gasteiger partial charge in [0.1, 0.15) is 5.75 Å². The van der Waals surface area contributed by atoms with E-state index in [-0.39, 0.29) is 17.3 Å². The summed E-state index contributed by atoms with van der Waals surface area (Å²) in [7, 11) is -2.00. The smallest absolute Gasteiger partial charge is 0.243 e. The number of hydrogen-bond donors (Lipinski definition) is 1. The van der Waals surface area contributed by atoms with E-state index in [1.807, 2.05) is 0 Å². The van der Waals surface area contributed by atoms with Crippen LogP contribution in [-0.2, 0) is 10.0 Å². The van der Waals surface area contributed by atoms with E-state index in [1.54, 1.807) is 6.07 Å². The van der Waals surface area contributed by atoms with E-state index in [4.69, 9.17) is 22.1 Å². The molecule has 2 rings (SSSR count). The molecule has 1 heterocycles. The number of nitrogens with zero attached hydrogens (tertiary/aromatic N) is 1. The van der Waals surface area contributed by atoms with Crippen LogP contribution in [0, 0.1) is 5.92 Å². The summed E-state index contributed by atoms with van der Waals surface area (Å²) in [6, 6.07) is 4.53. The van der Waals surface area contributed by atoms with Crippen LogP contribution in [0.25, 0.3) is 0 Å². The molecule has 0 aromatic heterocycles. The molecule has 0 radical (unpaired) electrons. The Morgan fingerprint density at radius 3 is 2.48 bits per heavy atom. The maximum atomic E-state index is 12.5. The number of methoxy groups -OCH3 is 1. The van der Waals surface area contributed by atoms with Crippen molar-refractivity contribution < 1.29 is 13.2 Å². The minimum atomic E-state index is -3.49. The van der Waals surface area contributed by atoms with Gasteiger partial charge in [-0.25, -0.2) is 8.42 Å². The Balaban J connectivity index is 0.00000220. The Labute approximate surface area is 136 Å². The summed E-state index contributed by atoms with van der Waals surface area (Å²) in [4.78, 5) is 0.203. The molecule has 8 heteroatoms. The predicted molar refractivity (Wildman–Crippen MR) is 85.8 cm³/mol. The third-order valence-corrected chi connectivity index (χ3v) is 5.86. The van der Waals surface area contributed by atoms with Crippen molar-refractivity contribution in [3.8, 4) is 5.75 Å². The molecule has 0 atom stereocenters. The summed E-state index contributed by atoms with van der Waals surface area (Å²) in [5.74, 6) is 0.883. The molecule has 2 N–H and O–H groups in total. The van der Waals surface area contributed by atoms with Gasteiger partial charge in [0.05, 0.1) is 17.0 Å². The molecule has 0 unspecified atom stereocenters. The van der Waals surface area contributed by atoms with Crippen molar-refractivity contribution in [2.45, 2.75) is 17.7 Å². The van der Waals surface area contributed by atoms with Crippen LogP contribution in [0.4, 0.5) is 0 Å². The van der Waals surface area contributed by atoms with Crippen molar-refractivity contribution in [3.05, 3.63) is 23.2 Å². The second-order valence-corrected chi connectivity index (χ2v) is 7.22. The average Bonchev–Trinajstić information content (AvgIpc) is 2.47. The molecule has 0 bridgehead atoms. The molecule has 1 aromatic rings. The van der Waals surface area contributed by atoms with Crippen molar-refractivity contribution in [2.75, 3.05) is 26.7 Å². The minimum absolute atomic E-state index is 0. The Kier molecular flexibility index (Phi) is 6.74. The van der Waals surface area contributed by atoms with Gasteiger partial charge in [-0.05, 0) is 43.5 Å². The molecule has 0 saturated carbocycles. The quantitative estimate of drug-likeness (QED) is 0.898. The van der Waals surface area contributed by atoms with Crippen LogP contribution in [-0.4, -0.2) is 39.5 Å². The Hall–Kier alpha value is -0.530. The Morgan fingerprint density at radius 1 is 1.38 bits per heavy atom. The van der Waals surface area contributed by atoms with Gasteiger partial charge in [-0.15, -0.1) is 12.4 Å². The molecule has 21 heavy (non-hydrogen) atoms. The summed E-state index contributed by atoms with van der Waals surface area (Å²) in [6.07, 6.45) is 1.61. The van der Waals surface area contributed by atoms with E-state index in [0.717, 1.165) is 12.8 Å². The van der Waals surface area contributed by atoms with Crippen LogP contribution in [0.2, 0.25) is 5.02 Å². The zero-order chi connectivity index (χ0) is 14.8. The first kappa shape index (κ1) is 18.5. The monoisotopic (exact) mass is 354 g/mol. The van der Waals surface area contributed by atoms with Gasteiger partial charge >= 0.3 is 0 Å². The van der Waals surface area contributed by atoms with Gasteiger partial charge < -0.3 is 10.5 Å². The predicted octanol–water partition coefficient (Wildman–Crippen LogP) is 2.13. The summed E-state index contributed by atoms with van der Waals surface area (Å²) < 4.78 is 31.6. The highest BCUT2D eigenvalue weighted by atomic mass is 35.5. The van der Waals surface area contributed by atoms with Gasteiger partial charge in [-0.2, -0.15) is 4.31 Å². The molecular weight excluding hydrogens is 335 g/mol. The highest BCUT2D eigenvalue weighted by Gasteiger charge is 2.29. The summed E-state index contributed by atoms with van der Waals surface area (Å²) >= 11 is 6.00. The summed E-state index contributed by atoms with van der Waals surface area (Å²) in [5, 5.41) is 0.297. The van der Waals surface area contributed by atoms with Crippen LogP contribution in [0.15, 0.2) is 23.1 Å². The fourth-order valence-corrected chi connectivity index (χ4v) is 4.16. The highest BCUT2D eigenvalue weighted by molar-refractivity contribution is 7.89. The number of hydrogen-bond acceptors (Lipinski definition) is 4. The van der Waals surface area contributed by atoms with Crippen LogP contribution >= 0.6 is 24.0 Å². The van der Waals surface area contributed by atoms with E-state index in [9.17, 15) is 8.42 Å². The SMILES string of the molecule is COc1ccc(S(=O)(=O)N2CCC(CN)CC2)cc1Cl.Cl. The van der Waals surface area contributed by atoms with Crippen molar-refractivity contribution >= 4 is 34.0 Å².